The first-order valence-corrected chi connectivity index (χ1v) is 6.12. The molecule has 2 rings (SSSR count). The van der Waals surface area contributed by atoms with E-state index in [4.69, 9.17) is 4.74 Å². The summed E-state index contributed by atoms with van der Waals surface area (Å²) in [5.41, 5.74) is 0.744. The van der Waals surface area contributed by atoms with Gasteiger partial charge in [0, 0.05) is 9.86 Å². The number of hydrogen-bond donors (Lipinski definition) is 1. The normalized spacial score (nSPS) is 10.2. The van der Waals surface area contributed by atoms with Crippen LogP contribution >= 0.6 is 15.9 Å². The molecule has 1 amide bonds. The highest BCUT2D eigenvalue weighted by Crippen LogP contribution is 2.30. The topological polar surface area (TPSA) is 38.3 Å². The molecule has 0 saturated heterocycles. The van der Waals surface area contributed by atoms with Gasteiger partial charge in [0.2, 0.25) is 0 Å². The van der Waals surface area contributed by atoms with E-state index in [2.05, 4.69) is 21.2 Å². The zero-order valence-corrected chi connectivity index (χ0v) is 11.0. The van der Waals surface area contributed by atoms with Crippen molar-refractivity contribution in [2.24, 2.45) is 0 Å². The highest BCUT2D eigenvalue weighted by Gasteiger charge is 2.07. The summed E-state index contributed by atoms with van der Waals surface area (Å²) in [7, 11) is 0. The lowest BCUT2D eigenvalue weighted by atomic mass is 10.1. The minimum Gasteiger partial charge on any atom is -0.450 e. The third-order valence-corrected chi connectivity index (χ3v) is 3.03. The van der Waals surface area contributed by atoms with Crippen LogP contribution in [0.3, 0.4) is 0 Å². The van der Waals surface area contributed by atoms with Gasteiger partial charge in [-0.25, -0.2) is 4.79 Å². The SMILES string of the molecule is CCOC(=O)Nc1cccc2cccc(Br)c12. The molecular weight excluding hydrogens is 282 g/mol. The smallest absolute Gasteiger partial charge is 0.411 e. The zero-order chi connectivity index (χ0) is 12.3. The van der Waals surface area contributed by atoms with Crippen molar-refractivity contribution in [2.75, 3.05) is 11.9 Å². The van der Waals surface area contributed by atoms with Crippen molar-refractivity contribution in [1.29, 1.82) is 0 Å². The standard InChI is InChI=1S/C13H12BrNO2/c1-2-17-13(16)15-11-8-4-6-9-5-3-7-10(14)12(9)11/h3-8H,2H2,1H3,(H,15,16). The van der Waals surface area contributed by atoms with Crippen LogP contribution < -0.4 is 5.32 Å². The van der Waals surface area contributed by atoms with E-state index in [0.717, 1.165) is 20.9 Å². The lowest BCUT2D eigenvalue weighted by Crippen LogP contribution is -2.13. The summed E-state index contributed by atoms with van der Waals surface area (Å²) in [6.07, 6.45) is -0.434. The lowest BCUT2D eigenvalue weighted by Gasteiger charge is -2.09. The molecule has 0 aliphatic rings. The Labute approximate surface area is 108 Å². The van der Waals surface area contributed by atoms with Crippen LogP contribution in [0.4, 0.5) is 10.5 Å². The minimum absolute atomic E-state index is 0.359. The van der Waals surface area contributed by atoms with Crippen LogP contribution in [0, 0.1) is 0 Å². The highest BCUT2D eigenvalue weighted by atomic mass is 79.9. The monoisotopic (exact) mass is 293 g/mol. The van der Waals surface area contributed by atoms with Crippen molar-refractivity contribution in [2.45, 2.75) is 6.92 Å². The van der Waals surface area contributed by atoms with Gasteiger partial charge in [0.25, 0.3) is 0 Å². The van der Waals surface area contributed by atoms with Crippen LogP contribution in [0.1, 0.15) is 6.92 Å². The fraction of sp³-hybridized carbons (Fsp3) is 0.154. The summed E-state index contributed by atoms with van der Waals surface area (Å²) in [6, 6.07) is 11.6. The second kappa shape index (κ2) is 5.19. The van der Waals surface area contributed by atoms with Gasteiger partial charge in [-0.2, -0.15) is 0 Å². The van der Waals surface area contributed by atoms with E-state index >= 15 is 0 Å². The van der Waals surface area contributed by atoms with Gasteiger partial charge in [-0.1, -0.05) is 40.2 Å². The molecule has 2 aromatic rings. The van der Waals surface area contributed by atoms with Crippen LogP contribution in [0.25, 0.3) is 10.8 Å². The van der Waals surface area contributed by atoms with Gasteiger partial charge in [0.05, 0.1) is 12.3 Å². The number of fused-ring (bicyclic) bond motifs is 1. The molecule has 0 heterocycles. The highest BCUT2D eigenvalue weighted by molar-refractivity contribution is 9.10. The molecule has 0 saturated carbocycles. The number of rotatable bonds is 2. The van der Waals surface area contributed by atoms with E-state index < -0.39 is 6.09 Å². The fourth-order valence-corrected chi connectivity index (χ4v) is 2.27. The lowest BCUT2D eigenvalue weighted by molar-refractivity contribution is 0.168. The van der Waals surface area contributed by atoms with Crippen molar-refractivity contribution in [3.63, 3.8) is 0 Å². The van der Waals surface area contributed by atoms with Gasteiger partial charge < -0.3 is 4.74 Å². The average molecular weight is 294 g/mol. The molecule has 4 heteroatoms. The quantitative estimate of drug-likeness (QED) is 0.902. The number of amides is 1. The molecule has 0 bridgehead atoms. The first kappa shape index (κ1) is 11.9. The second-order valence-electron chi connectivity index (χ2n) is 3.49. The third-order valence-electron chi connectivity index (χ3n) is 2.37. The third kappa shape index (κ3) is 2.58. The average Bonchev–Trinajstić information content (AvgIpc) is 2.29. The van der Waals surface area contributed by atoms with Crippen molar-refractivity contribution >= 4 is 38.5 Å². The Balaban J connectivity index is 2.43. The number of carbonyl (C=O) groups excluding carboxylic acids is 1. The zero-order valence-electron chi connectivity index (χ0n) is 9.37. The van der Waals surface area contributed by atoms with Gasteiger partial charge >= 0.3 is 6.09 Å². The number of ether oxygens (including phenoxy) is 1. The van der Waals surface area contributed by atoms with Crippen molar-refractivity contribution in [3.8, 4) is 0 Å². The van der Waals surface area contributed by atoms with Gasteiger partial charge in [0.15, 0.2) is 0 Å². The van der Waals surface area contributed by atoms with Crippen LogP contribution in [-0.2, 0) is 4.74 Å². The maximum absolute atomic E-state index is 11.4. The molecule has 0 radical (unpaired) electrons. The van der Waals surface area contributed by atoms with Gasteiger partial charge in [0.1, 0.15) is 0 Å². The molecule has 0 unspecified atom stereocenters. The summed E-state index contributed by atoms with van der Waals surface area (Å²) in [5, 5.41) is 4.77. The Hall–Kier alpha value is -1.55. The van der Waals surface area contributed by atoms with Crippen molar-refractivity contribution in [1.82, 2.24) is 0 Å². The Bertz CT molecular complexity index is 549. The molecule has 17 heavy (non-hydrogen) atoms. The number of halogens is 1. The predicted octanol–water partition coefficient (Wildman–Crippen LogP) is 4.17. The number of nitrogens with one attached hydrogen (secondary N) is 1. The molecule has 0 aliphatic carbocycles. The molecule has 1 N–H and O–H groups in total. The molecule has 3 nitrogen and oxygen atoms in total. The predicted molar refractivity (Wildman–Crippen MR) is 72.3 cm³/mol. The Morgan fingerprint density at radius 1 is 1.29 bits per heavy atom. The van der Waals surface area contributed by atoms with E-state index in [1.54, 1.807) is 6.92 Å². The Morgan fingerprint density at radius 2 is 2.00 bits per heavy atom. The van der Waals surface area contributed by atoms with Crippen LogP contribution in [0.15, 0.2) is 40.9 Å². The van der Waals surface area contributed by atoms with E-state index in [1.165, 1.54) is 0 Å². The van der Waals surface area contributed by atoms with E-state index in [0.29, 0.717) is 6.61 Å². The van der Waals surface area contributed by atoms with Crippen LogP contribution in [-0.4, -0.2) is 12.7 Å². The molecule has 2 aromatic carbocycles. The number of anilines is 1. The second-order valence-corrected chi connectivity index (χ2v) is 4.34. The molecule has 0 aromatic heterocycles. The van der Waals surface area contributed by atoms with E-state index in [-0.39, 0.29) is 0 Å². The van der Waals surface area contributed by atoms with Crippen molar-refractivity contribution in [3.05, 3.63) is 40.9 Å². The largest absolute Gasteiger partial charge is 0.450 e. The summed E-state index contributed by atoms with van der Waals surface area (Å²) in [5.74, 6) is 0. The van der Waals surface area contributed by atoms with E-state index in [9.17, 15) is 4.79 Å². The number of benzene rings is 2. The maximum Gasteiger partial charge on any atom is 0.411 e. The van der Waals surface area contributed by atoms with Gasteiger partial charge in [-0.3, -0.25) is 5.32 Å². The van der Waals surface area contributed by atoms with E-state index in [1.807, 2.05) is 36.4 Å². The molecule has 88 valence electrons. The summed E-state index contributed by atoms with van der Waals surface area (Å²) in [4.78, 5) is 11.4. The summed E-state index contributed by atoms with van der Waals surface area (Å²) in [6.45, 7) is 2.14. The van der Waals surface area contributed by atoms with Crippen molar-refractivity contribution < 1.29 is 9.53 Å². The first-order chi connectivity index (χ1) is 8.22. The molecule has 0 atom stereocenters. The van der Waals surface area contributed by atoms with Gasteiger partial charge in [-0.05, 0) is 24.4 Å². The Kier molecular flexibility index (Phi) is 3.64. The van der Waals surface area contributed by atoms with Gasteiger partial charge in [-0.15, -0.1) is 0 Å². The number of hydrogen-bond acceptors (Lipinski definition) is 2. The molecular formula is C13H12BrNO2. The molecule has 0 spiro atoms. The van der Waals surface area contributed by atoms with Crippen LogP contribution in [0.2, 0.25) is 0 Å². The fourth-order valence-electron chi connectivity index (χ4n) is 1.68. The molecule has 0 aliphatic heterocycles. The minimum atomic E-state index is -0.434. The van der Waals surface area contributed by atoms with Crippen LogP contribution in [0.5, 0.6) is 0 Å². The first-order valence-electron chi connectivity index (χ1n) is 5.33. The number of carbonyl (C=O) groups is 1. The molecule has 0 fully saturated rings. The summed E-state index contributed by atoms with van der Waals surface area (Å²) >= 11 is 3.48. The maximum atomic E-state index is 11.4. The Morgan fingerprint density at radius 3 is 2.71 bits per heavy atom. The summed E-state index contributed by atoms with van der Waals surface area (Å²) < 4.78 is 5.82.